The second-order valence-electron chi connectivity index (χ2n) is 2.89. The van der Waals surface area contributed by atoms with E-state index < -0.39 is 12.5 Å². The first-order chi connectivity index (χ1) is 6.50. The van der Waals surface area contributed by atoms with Gasteiger partial charge in [0, 0.05) is 4.47 Å². The van der Waals surface area contributed by atoms with Gasteiger partial charge in [-0.25, -0.2) is 8.78 Å². The van der Waals surface area contributed by atoms with Crippen LogP contribution in [0, 0.1) is 0 Å². The van der Waals surface area contributed by atoms with Crippen molar-refractivity contribution in [2.24, 2.45) is 0 Å². The van der Waals surface area contributed by atoms with Crippen LogP contribution in [0.2, 0.25) is 5.02 Å². The fraction of sp³-hybridized carbons (Fsp3) is 0.333. The smallest absolute Gasteiger partial charge is 0.258 e. The summed E-state index contributed by atoms with van der Waals surface area (Å²) >= 11 is 9.05. The highest BCUT2D eigenvalue weighted by Gasteiger charge is 2.15. The Morgan fingerprint density at radius 1 is 1.43 bits per heavy atom. The van der Waals surface area contributed by atoms with Crippen LogP contribution in [0.3, 0.4) is 0 Å². The van der Waals surface area contributed by atoms with Crippen LogP contribution >= 0.6 is 27.5 Å². The quantitative estimate of drug-likeness (QED) is 0.878. The first-order valence-electron chi connectivity index (χ1n) is 4.00. The van der Waals surface area contributed by atoms with E-state index in [0.29, 0.717) is 10.7 Å². The lowest BCUT2D eigenvalue weighted by atomic mass is 10.2. The van der Waals surface area contributed by atoms with E-state index >= 15 is 0 Å². The summed E-state index contributed by atoms with van der Waals surface area (Å²) < 4.78 is 25.3. The summed E-state index contributed by atoms with van der Waals surface area (Å²) in [5, 5.41) is 3.07. The molecule has 0 aliphatic carbocycles. The number of nitrogens with one attached hydrogen (secondary N) is 1. The zero-order chi connectivity index (χ0) is 10.7. The summed E-state index contributed by atoms with van der Waals surface area (Å²) in [4.78, 5) is 0. The van der Waals surface area contributed by atoms with Gasteiger partial charge in [-0.1, -0.05) is 27.5 Å². The molecule has 0 saturated carbocycles. The molecule has 1 nitrogen and oxygen atoms in total. The molecular weight excluding hydrogens is 275 g/mol. The van der Waals surface area contributed by atoms with E-state index in [2.05, 4.69) is 21.2 Å². The molecule has 1 N–H and O–H groups in total. The Morgan fingerprint density at radius 3 is 2.64 bits per heavy atom. The van der Waals surface area contributed by atoms with E-state index in [1.54, 1.807) is 18.2 Å². The van der Waals surface area contributed by atoms with Gasteiger partial charge in [0.2, 0.25) is 0 Å². The molecule has 14 heavy (non-hydrogen) atoms. The first kappa shape index (κ1) is 11.7. The van der Waals surface area contributed by atoms with E-state index in [1.165, 1.54) is 6.92 Å². The minimum Gasteiger partial charge on any atom is -0.376 e. The number of anilines is 1. The maximum absolute atomic E-state index is 12.2. The van der Waals surface area contributed by atoms with Crippen molar-refractivity contribution in [3.63, 3.8) is 0 Å². The lowest BCUT2D eigenvalue weighted by Gasteiger charge is -2.15. The molecule has 0 spiro atoms. The van der Waals surface area contributed by atoms with Gasteiger partial charge < -0.3 is 5.32 Å². The van der Waals surface area contributed by atoms with Crippen molar-refractivity contribution in [2.45, 2.75) is 19.4 Å². The SMILES string of the molecule is CC(Nc1cc(Br)ccc1Cl)C(F)F. The highest BCUT2D eigenvalue weighted by molar-refractivity contribution is 9.10. The number of hydrogen-bond acceptors (Lipinski definition) is 1. The second-order valence-corrected chi connectivity index (χ2v) is 4.21. The van der Waals surface area contributed by atoms with Gasteiger partial charge in [-0.15, -0.1) is 0 Å². The van der Waals surface area contributed by atoms with E-state index in [4.69, 9.17) is 11.6 Å². The number of benzene rings is 1. The van der Waals surface area contributed by atoms with Crippen LogP contribution in [0.5, 0.6) is 0 Å². The Morgan fingerprint density at radius 2 is 2.07 bits per heavy atom. The zero-order valence-corrected chi connectivity index (χ0v) is 9.74. The van der Waals surface area contributed by atoms with Crippen molar-refractivity contribution in [1.29, 1.82) is 0 Å². The third-order valence-corrected chi connectivity index (χ3v) is 2.51. The minimum atomic E-state index is -2.41. The number of halogens is 4. The number of rotatable bonds is 3. The van der Waals surface area contributed by atoms with Gasteiger partial charge in [-0.05, 0) is 25.1 Å². The van der Waals surface area contributed by atoms with Gasteiger partial charge in [-0.2, -0.15) is 0 Å². The number of alkyl halides is 2. The summed E-state index contributed by atoms with van der Waals surface area (Å²) in [7, 11) is 0. The number of hydrogen-bond donors (Lipinski definition) is 1. The van der Waals surface area contributed by atoms with Crippen LogP contribution in [0.15, 0.2) is 22.7 Å². The van der Waals surface area contributed by atoms with E-state index in [9.17, 15) is 8.78 Å². The monoisotopic (exact) mass is 283 g/mol. The zero-order valence-electron chi connectivity index (χ0n) is 7.40. The highest BCUT2D eigenvalue weighted by Crippen LogP contribution is 2.26. The third kappa shape index (κ3) is 3.10. The van der Waals surface area contributed by atoms with Crippen LogP contribution < -0.4 is 5.32 Å². The van der Waals surface area contributed by atoms with Gasteiger partial charge in [-0.3, -0.25) is 0 Å². The summed E-state index contributed by atoms with van der Waals surface area (Å²) in [5.41, 5.74) is 0.508. The topological polar surface area (TPSA) is 12.0 Å². The molecule has 0 aliphatic rings. The molecule has 0 aromatic heterocycles. The van der Waals surface area contributed by atoms with Gasteiger partial charge in [0.05, 0.1) is 16.8 Å². The molecule has 1 aromatic rings. The Labute approximate surface area is 94.6 Å². The molecule has 1 aromatic carbocycles. The van der Waals surface area contributed by atoms with Crippen molar-refractivity contribution >= 4 is 33.2 Å². The molecule has 78 valence electrons. The van der Waals surface area contributed by atoms with Crippen LogP contribution in [0.1, 0.15) is 6.92 Å². The van der Waals surface area contributed by atoms with E-state index in [0.717, 1.165) is 4.47 Å². The molecule has 1 unspecified atom stereocenters. The summed E-state index contributed by atoms with van der Waals surface area (Å²) in [5.74, 6) is 0. The van der Waals surface area contributed by atoms with Crippen molar-refractivity contribution in [3.8, 4) is 0 Å². The predicted molar refractivity (Wildman–Crippen MR) is 58.2 cm³/mol. The maximum atomic E-state index is 12.2. The second kappa shape index (κ2) is 4.94. The Bertz CT molecular complexity index is 320. The van der Waals surface area contributed by atoms with Crippen LogP contribution in [-0.4, -0.2) is 12.5 Å². The molecule has 0 heterocycles. The molecule has 0 saturated heterocycles. The Balaban J connectivity index is 2.80. The van der Waals surface area contributed by atoms with Crippen LogP contribution in [-0.2, 0) is 0 Å². The lowest BCUT2D eigenvalue weighted by Crippen LogP contribution is -2.23. The van der Waals surface area contributed by atoms with Gasteiger partial charge in [0.25, 0.3) is 6.43 Å². The standard InChI is InChI=1S/C9H9BrClF2N/c1-5(9(12)13)14-8-4-6(10)2-3-7(8)11/h2-5,9,14H,1H3. The predicted octanol–water partition coefficient (Wildman–Crippen LogP) is 4.17. The maximum Gasteiger partial charge on any atom is 0.258 e. The van der Waals surface area contributed by atoms with E-state index in [1.807, 2.05) is 0 Å². The highest BCUT2D eigenvalue weighted by atomic mass is 79.9. The summed E-state index contributed by atoms with van der Waals surface area (Å²) in [6.45, 7) is 1.40. The van der Waals surface area contributed by atoms with E-state index in [-0.39, 0.29) is 0 Å². The van der Waals surface area contributed by atoms with Crippen LogP contribution in [0.25, 0.3) is 0 Å². The molecule has 1 atom stereocenters. The molecule has 1 rings (SSSR count). The average Bonchev–Trinajstić information content (AvgIpc) is 2.11. The fourth-order valence-corrected chi connectivity index (χ4v) is 1.45. The van der Waals surface area contributed by atoms with Crippen molar-refractivity contribution in [2.75, 3.05) is 5.32 Å². The molecule has 0 bridgehead atoms. The van der Waals surface area contributed by atoms with Crippen molar-refractivity contribution in [3.05, 3.63) is 27.7 Å². The van der Waals surface area contributed by atoms with Crippen LogP contribution in [0.4, 0.5) is 14.5 Å². The molecule has 0 radical (unpaired) electrons. The fourth-order valence-electron chi connectivity index (χ4n) is 0.916. The Hall–Kier alpha value is -0.350. The van der Waals surface area contributed by atoms with Gasteiger partial charge in [0.1, 0.15) is 0 Å². The average molecular weight is 285 g/mol. The molecule has 0 amide bonds. The summed E-state index contributed by atoms with van der Waals surface area (Å²) in [6.07, 6.45) is -2.41. The molecule has 0 fully saturated rings. The first-order valence-corrected chi connectivity index (χ1v) is 5.17. The van der Waals surface area contributed by atoms with Crippen molar-refractivity contribution in [1.82, 2.24) is 0 Å². The Kier molecular flexibility index (Phi) is 4.13. The summed E-state index contributed by atoms with van der Waals surface area (Å²) in [6, 6.07) is 4.15. The normalized spacial score (nSPS) is 13.0. The van der Waals surface area contributed by atoms with Gasteiger partial charge in [0.15, 0.2) is 0 Å². The molecular formula is C9H9BrClF2N. The lowest BCUT2D eigenvalue weighted by molar-refractivity contribution is 0.131. The third-order valence-electron chi connectivity index (χ3n) is 1.69. The molecule has 5 heteroatoms. The van der Waals surface area contributed by atoms with Crippen molar-refractivity contribution < 1.29 is 8.78 Å². The largest absolute Gasteiger partial charge is 0.376 e. The van der Waals surface area contributed by atoms with Gasteiger partial charge >= 0.3 is 0 Å². The molecule has 0 aliphatic heterocycles. The minimum absolute atomic E-state index is 0.431.